The van der Waals surface area contributed by atoms with E-state index in [1.54, 1.807) is 11.1 Å². The normalized spacial score (nSPS) is 28.7. The second kappa shape index (κ2) is 6.20. The van der Waals surface area contributed by atoms with E-state index in [1.165, 1.54) is 0 Å². The van der Waals surface area contributed by atoms with Gasteiger partial charge < -0.3 is 24.9 Å². The van der Waals surface area contributed by atoms with Crippen LogP contribution in [0.5, 0.6) is 0 Å². The zero-order valence-corrected chi connectivity index (χ0v) is 17.4. The number of hydrogen-bond acceptors (Lipinski definition) is 7. The Bertz CT molecular complexity index is 1020. The van der Waals surface area contributed by atoms with Crippen LogP contribution in [0.25, 0.3) is 11.0 Å². The van der Waals surface area contributed by atoms with Gasteiger partial charge in [-0.05, 0) is 41.5 Å². The van der Waals surface area contributed by atoms with Crippen molar-refractivity contribution in [2.75, 3.05) is 5.73 Å². The third-order valence-corrected chi connectivity index (χ3v) is 5.19. The van der Waals surface area contributed by atoms with Crippen molar-refractivity contribution in [3.8, 4) is 0 Å². The average Bonchev–Trinajstić information content (AvgIpc) is 3.17. The first kappa shape index (κ1) is 19.7. The zero-order valence-electron chi connectivity index (χ0n) is 17.4. The molecule has 4 atom stereocenters. The first-order valence-corrected chi connectivity index (χ1v) is 9.62. The number of rotatable bonds is 1. The number of likely N-dealkylation sites (tertiary alicyclic amines) is 1. The summed E-state index contributed by atoms with van der Waals surface area (Å²) in [7, 11) is 0. The number of nitrogen functional groups attached to an aromatic ring is 1. The lowest BCUT2D eigenvalue weighted by Gasteiger charge is -2.34. The molecule has 10 heteroatoms. The van der Waals surface area contributed by atoms with E-state index in [4.69, 9.17) is 19.9 Å². The second-order valence-electron chi connectivity index (χ2n) is 9.06. The molecule has 0 aliphatic carbocycles. The van der Waals surface area contributed by atoms with Crippen LogP contribution in [-0.2, 0) is 14.2 Å². The SMILES string of the molecule is C[C@@H]1[C@H]2OC(C)(C)O[C@H]2[C@H](c2c[nH]c3c(=O)[nH]c(N)nc23)N1C(=O)OC(C)(C)C. The Labute approximate surface area is 167 Å². The van der Waals surface area contributed by atoms with Crippen LogP contribution in [0.4, 0.5) is 10.7 Å². The first-order valence-electron chi connectivity index (χ1n) is 9.62. The molecule has 0 aromatic carbocycles. The van der Waals surface area contributed by atoms with Crippen molar-refractivity contribution in [3.05, 3.63) is 22.1 Å². The van der Waals surface area contributed by atoms with E-state index in [0.717, 1.165) is 0 Å². The van der Waals surface area contributed by atoms with Crippen LogP contribution >= 0.6 is 0 Å². The number of carbonyl (C=O) groups is 1. The molecule has 2 saturated heterocycles. The number of amides is 1. The van der Waals surface area contributed by atoms with Crippen molar-refractivity contribution in [1.82, 2.24) is 19.9 Å². The highest BCUT2D eigenvalue weighted by Gasteiger charge is 2.59. The quantitative estimate of drug-likeness (QED) is 0.660. The van der Waals surface area contributed by atoms with Crippen molar-refractivity contribution < 1.29 is 19.0 Å². The van der Waals surface area contributed by atoms with Crippen molar-refractivity contribution in [2.24, 2.45) is 0 Å². The first-order chi connectivity index (χ1) is 13.4. The molecule has 0 saturated carbocycles. The smallest absolute Gasteiger partial charge is 0.411 e. The summed E-state index contributed by atoms with van der Waals surface area (Å²) < 4.78 is 17.9. The summed E-state index contributed by atoms with van der Waals surface area (Å²) in [6.07, 6.45) is 0.375. The van der Waals surface area contributed by atoms with Gasteiger partial charge in [0.2, 0.25) is 5.95 Å². The largest absolute Gasteiger partial charge is 0.444 e. The molecule has 1 amide bonds. The van der Waals surface area contributed by atoms with Crippen molar-refractivity contribution >= 4 is 23.1 Å². The number of ether oxygens (including phenoxy) is 3. The monoisotopic (exact) mass is 405 g/mol. The molecule has 10 nitrogen and oxygen atoms in total. The van der Waals surface area contributed by atoms with Gasteiger partial charge in [0.15, 0.2) is 5.79 Å². The Balaban J connectivity index is 1.85. The van der Waals surface area contributed by atoms with E-state index in [9.17, 15) is 9.59 Å². The van der Waals surface area contributed by atoms with Crippen LogP contribution in [0.15, 0.2) is 11.0 Å². The van der Waals surface area contributed by atoms with Crippen LogP contribution in [0.1, 0.15) is 53.1 Å². The molecule has 2 aromatic rings. The van der Waals surface area contributed by atoms with E-state index >= 15 is 0 Å². The number of aromatic nitrogens is 3. The predicted octanol–water partition coefficient (Wildman–Crippen LogP) is 2.03. The van der Waals surface area contributed by atoms with E-state index < -0.39 is 29.6 Å². The molecule has 4 rings (SSSR count). The lowest BCUT2D eigenvalue weighted by atomic mass is 10.0. The third kappa shape index (κ3) is 3.25. The number of hydrogen-bond donors (Lipinski definition) is 3. The lowest BCUT2D eigenvalue weighted by molar-refractivity contribution is -0.166. The number of nitrogens with two attached hydrogens (primary N) is 1. The summed E-state index contributed by atoms with van der Waals surface area (Å²) in [5.74, 6) is -0.795. The van der Waals surface area contributed by atoms with E-state index in [2.05, 4.69) is 15.0 Å². The summed E-state index contributed by atoms with van der Waals surface area (Å²) >= 11 is 0. The average molecular weight is 405 g/mol. The van der Waals surface area contributed by atoms with Gasteiger partial charge in [-0.1, -0.05) is 0 Å². The summed E-state index contributed by atoms with van der Waals surface area (Å²) in [6.45, 7) is 11.0. The highest BCUT2D eigenvalue weighted by molar-refractivity contribution is 5.81. The van der Waals surface area contributed by atoms with Crippen molar-refractivity contribution in [2.45, 2.75) is 77.2 Å². The Hall–Kier alpha value is -2.59. The molecular weight excluding hydrogens is 378 g/mol. The van der Waals surface area contributed by atoms with Gasteiger partial charge in [-0.15, -0.1) is 0 Å². The topological polar surface area (TPSA) is 136 Å². The minimum absolute atomic E-state index is 0.00122. The molecule has 4 heterocycles. The fourth-order valence-corrected chi connectivity index (χ4v) is 4.20. The molecule has 158 valence electrons. The minimum Gasteiger partial charge on any atom is -0.444 e. The summed E-state index contributed by atoms with van der Waals surface area (Å²) in [6, 6.07) is -0.875. The molecule has 2 fully saturated rings. The standard InChI is InChI=1S/C19H27N5O5/c1-8-13-14(28-19(5,6)27-13)12(24(8)17(26)29-18(2,3)4)9-7-21-11-10(9)22-16(20)23-15(11)25/h7-8,12-14,21H,1-6H3,(H3,20,22,23,25)/t8-,12+,13-,14+/m1/s1. The van der Waals surface area contributed by atoms with E-state index in [-0.39, 0.29) is 29.2 Å². The molecular formula is C19H27N5O5. The van der Waals surface area contributed by atoms with Gasteiger partial charge in [0, 0.05) is 11.8 Å². The highest BCUT2D eigenvalue weighted by Crippen LogP contribution is 2.48. The number of fused-ring (bicyclic) bond motifs is 2. The van der Waals surface area contributed by atoms with Crippen LogP contribution < -0.4 is 11.3 Å². The molecule has 2 aliphatic rings. The number of nitrogens with one attached hydrogen (secondary N) is 2. The summed E-state index contributed by atoms with van der Waals surface area (Å²) in [5.41, 5.74) is 6.03. The maximum atomic E-state index is 13.1. The molecule has 2 aromatic heterocycles. The van der Waals surface area contributed by atoms with Gasteiger partial charge in [-0.2, -0.15) is 0 Å². The van der Waals surface area contributed by atoms with E-state index in [0.29, 0.717) is 11.1 Å². The highest BCUT2D eigenvalue weighted by atomic mass is 16.8. The molecule has 29 heavy (non-hydrogen) atoms. The van der Waals surface area contributed by atoms with E-state index in [1.807, 2.05) is 41.5 Å². The van der Waals surface area contributed by atoms with Crippen LogP contribution in [0.3, 0.4) is 0 Å². The minimum atomic E-state index is -0.794. The number of nitrogens with zero attached hydrogens (tertiary/aromatic N) is 2. The fourth-order valence-electron chi connectivity index (χ4n) is 4.20. The Morgan fingerprint density at radius 1 is 1.31 bits per heavy atom. The van der Waals surface area contributed by atoms with Gasteiger partial charge in [0.1, 0.15) is 28.8 Å². The maximum Gasteiger partial charge on any atom is 0.411 e. The molecule has 0 unspecified atom stereocenters. The van der Waals surface area contributed by atoms with Crippen LogP contribution in [0, 0.1) is 0 Å². The number of H-pyrrole nitrogens is 2. The van der Waals surface area contributed by atoms with Crippen LogP contribution in [0.2, 0.25) is 0 Å². The third-order valence-electron chi connectivity index (χ3n) is 5.19. The van der Waals surface area contributed by atoms with Gasteiger partial charge in [0.25, 0.3) is 5.56 Å². The maximum absolute atomic E-state index is 13.1. The van der Waals surface area contributed by atoms with Gasteiger partial charge in [0.05, 0.1) is 12.1 Å². The number of anilines is 1. The van der Waals surface area contributed by atoms with Crippen molar-refractivity contribution in [3.63, 3.8) is 0 Å². The molecule has 0 bridgehead atoms. The molecule has 0 radical (unpaired) electrons. The Kier molecular flexibility index (Phi) is 4.22. The van der Waals surface area contributed by atoms with Gasteiger partial charge >= 0.3 is 6.09 Å². The zero-order chi connectivity index (χ0) is 21.3. The molecule has 0 spiro atoms. The Morgan fingerprint density at radius 2 is 1.97 bits per heavy atom. The lowest BCUT2D eigenvalue weighted by Crippen LogP contribution is -2.44. The molecule has 4 N–H and O–H groups in total. The van der Waals surface area contributed by atoms with Gasteiger partial charge in [-0.25, -0.2) is 9.78 Å². The second-order valence-corrected chi connectivity index (χ2v) is 9.06. The fraction of sp³-hybridized carbons (Fsp3) is 0.632. The molecule has 2 aliphatic heterocycles. The number of carbonyl (C=O) groups excluding carboxylic acids is 1. The Morgan fingerprint density at radius 3 is 2.62 bits per heavy atom. The van der Waals surface area contributed by atoms with Crippen LogP contribution in [-0.4, -0.2) is 55.6 Å². The predicted molar refractivity (Wildman–Crippen MR) is 105 cm³/mol. The van der Waals surface area contributed by atoms with Gasteiger partial charge in [-0.3, -0.25) is 14.7 Å². The van der Waals surface area contributed by atoms with Crippen molar-refractivity contribution in [1.29, 1.82) is 0 Å². The summed E-state index contributed by atoms with van der Waals surface area (Å²) in [5, 5.41) is 0. The summed E-state index contributed by atoms with van der Waals surface area (Å²) in [4.78, 5) is 36.7. The number of aromatic amines is 2.